The van der Waals surface area contributed by atoms with E-state index in [1.54, 1.807) is 4.90 Å². The second-order valence-electron chi connectivity index (χ2n) is 4.59. The Kier molecular flexibility index (Phi) is 3.94. The molecular formula is C12H16N4O3. The van der Waals surface area contributed by atoms with Crippen LogP contribution < -0.4 is 5.73 Å². The lowest BCUT2D eigenvalue weighted by molar-refractivity contribution is -0.385. The number of aromatic nitrogens is 1. The highest BCUT2D eigenvalue weighted by Gasteiger charge is 2.26. The predicted octanol–water partition coefficient (Wildman–Crippen LogP) is 1.59. The molecule has 0 spiro atoms. The first kappa shape index (κ1) is 13.3. The smallest absolute Gasteiger partial charge is 0.300 e. The number of nitrogens with zero attached hydrogens (tertiary/aromatic N) is 3. The van der Waals surface area contributed by atoms with Gasteiger partial charge in [0.05, 0.1) is 4.92 Å². The fourth-order valence-corrected chi connectivity index (χ4v) is 2.23. The number of carbonyl (C=O) groups excluding carboxylic acids is 1. The average molecular weight is 264 g/mol. The Morgan fingerprint density at radius 3 is 2.53 bits per heavy atom. The predicted molar refractivity (Wildman–Crippen MR) is 69.7 cm³/mol. The number of amides is 1. The van der Waals surface area contributed by atoms with Crippen molar-refractivity contribution in [1.29, 1.82) is 0 Å². The normalized spacial score (nSPS) is 15.9. The van der Waals surface area contributed by atoms with E-state index in [0.29, 0.717) is 13.1 Å². The van der Waals surface area contributed by atoms with E-state index >= 15 is 0 Å². The van der Waals surface area contributed by atoms with Gasteiger partial charge in [-0.25, -0.2) is 4.98 Å². The molecular weight excluding hydrogens is 248 g/mol. The summed E-state index contributed by atoms with van der Waals surface area (Å²) in [4.78, 5) is 28.0. The van der Waals surface area contributed by atoms with Gasteiger partial charge >= 0.3 is 0 Å². The molecule has 7 heteroatoms. The van der Waals surface area contributed by atoms with Crippen LogP contribution in [0.1, 0.15) is 36.0 Å². The molecule has 1 aromatic rings. The van der Waals surface area contributed by atoms with E-state index in [-0.39, 0.29) is 23.0 Å². The van der Waals surface area contributed by atoms with Crippen LogP contribution in [-0.4, -0.2) is 33.8 Å². The highest BCUT2D eigenvalue weighted by molar-refractivity contribution is 5.98. The Morgan fingerprint density at radius 1 is 1.32 bits per heavy atom. The average Bonchev–Trinajstić information content (AvgIpc) is 2.66. The molecule has 1 saturated heterocycles. The number of nitrogens with two attached hydrogens (primary N) is 1. The fourth-order valence-electron chi connectivity index (χ4n) is 2.23. The zero-order valence-electron chi connectivity index (χ0n) is 10.5. The topological polar surface area (TPSA) is 102 Å². The summed E-state index contributed by atoms with van der Waals surface area (Å²) in [6.07, 6.45) is 5.08. The van der Waals surface area contributed by atoms with Gasteiger partial charge in [0.15, 0.2) is 0 Å². The van der Waals surface area contributed by atoms with Gasteiger partial charge in [0, 0.05) is 13.1 Å². The van der Waals surface area contributed by atoms with E-state index in [2.05, 4.69) is 4.98 Å². The van der Waals surface area contributed by atoms with Gasteiger partial charge < -0.3 is 10.6 Å². The molecule has 0 atom stereocenters. The maximum atomic E-state index is 12.4. The lowest BCUT2D eigenvalue weighted by atomic mass is 10.2. The van der Waals surface area contributed by atoms with E-state index in [1.165, 1.54) is 6.07 Å². The Labute approximate surface area is 110 Å². The second kappa shape index (κ2) is 5.64. The molecule has 0 saturated carbocycles. The highest BCUT2D eigenvalue weighted by Crippen LogP contribution is 2.22. The van der Waals surface area contributed by atoms with Crippen molar-refractivity contribution in [1.82, 2.24) is 9.88 Å². The summed E-state index contributed by atoms with van der Waals surface area (Å²) in [5.41, 5.74) is 5.26. The Bertz CT molecular complexity index is 496. The van der Waals surface area contributed by atoms with Crippen LogP contribution in [0.15, 0.2) is 12.3 Å². The number of hydrogen-bond acceptors (Lipinski definition) is 5. The molecule has 0 unspecified atom stereocenters. The molecule has 1 aliphatic heterocycles. The van der Waals surface area contributed by atoms with Crippen molar-refractivity contribution in [2.45, 2.75) is 25.7 Å². The van der Waals surface area contributed by atoms with Crippen LogP contribution in [0.2, 0.25) is 0 Å². The molecule has 0 bridgehead atoms. The number of nitrogen functional groups attached to an aromatic ring is 1. The summed E-state index contributed by atoms with van der Waals surface area (Å²) in [6.45, 7) is 1.27. The molecule has 1 aliphatic rings. The summed E-state index contributed by atoms with van der Waals surface area (Å²) in [6, 6.07) is 1.28. The number of carbonyl (C=O) groups is 1. The second-order valence-corrected chi connectivity index (χ2v) is 4.59. The van der Waals surface area contributed by atoms with Gasteiger partial charge in [-0.1, -0.05) is 12.8 Å². The van der Waals surface area contributed by atoms with Crippen LogP contribution in [-0.2, 0) is 0 Å². The van der Waals surface area contributed by atoms with Gasteiger partial charge in [-0.2, -0.15) is 0 Å². The standard InChI is InChI=1S/C12H16N4O3/c13-11-7-9(10(8-14-11)16(18)19)12(17)15-5-3-1-2-4-6-15/h7-8H,1-6H2,(H2,13,14). The summed E-state index contributed by atoms with van der Waals surface area (Å²) < 4.78 is 0. The van der Waals surface area contributed by atoms with Gasteiger partial charge in [-0.05, 0) is 18.9 Å². The zero-order chi connectivity index (χ0) is 13.8. The number of likely N-dealkylation sites (tertiary alicyclic amines) is 1. The SMILES string of the molecule is Nc1cc(C(=O)N2CCCCCC2)c([N+](=O)[O-])cn1. The lowest BCUT2D eigenvalue weighted by Gasteiger charge is -2.20. The minimum absolute atomic E-state index is 0.0272. The molecule has 2 rings (SSSR count). The number of hydrogen-bond donors (Lipinski definition) is 1. The number of pyridine rings is 1. The third-order valence-electron chi connectivity index (χ3n) is 3.22. The molecule has 1 aromatic heterocycles. The molecule has 1 fully saturated rings. The first-order chi connectivity index (χ1) is 9.09. The van der Waals surface area contributed by atoms with Crippen LogP contribution >= 0.6 is 0 Å². The summed E-state index contributed by atoms with van der Waals surface area (Å²) in [5, 5.41) is 10.9. The van der Waals surface area contributed by atoms with Gasteiger partial charge in [-0.15, -0.1) is 0 Å². The van der Waals surface area contributed by atoms with E-state index in [4.69, 9.17) is 5.73 Å². The molecule has 0 aliphatic carbocycles. The first-order valence-electron chi connectivity index (χ1n) is 6.29. The fraction of sp³-hybridized carbons (Fsp3) is 0.500. The van der Waals surface area contributed by atoms with Crippen LogP contribution in [0.25, 0.3) is 0 Å². The molecule has 1 amide bonds. The van der Waals surface area contributed by atoms with Gasteiger partial charge in [0.1, 0.15) is 17.6 Å². The van der Waals surface area contributed by atoms with Crippen LogP contribution in [0.3, 0.4) is 0 Å². The number of nitro groups is 1. The summed E-state index contributed by atoms with van der Waals surface area (Å²) in [7, 11) is 0. The third-order valence-corrected chi connectivity index (χ3v) is 3.22. The molecule has 19 heavy (non-hydrogen) atoms. The largest absolute Gasteiger partial charge is 0.384 e. The van der Waals surface area contributed by atoms with Gasteiger partial charge in [0.25, 0.3) is 11.6 Å². The van der Waals surface area contributed by atoms with Crippen molar-refractivity contribution in [3.8, 4) is 0 Å². The van der Waals surface area contributed by atoms with Gasteiger partial charge in [-0.3, -0.25) is 14.9 Å². The summed E-state index contributed by atoms with van der Waals surface area (Å²) in [5.74, 6) is -0.216. The summed E-state index contributed by atoms with van der Waals surface area (Å²) >= 11 is 0. The van der Waals surface area contributed by atoms with E-state index in [1.807, 2.05) is 0 Å². The monoisotopic (exact) mass is 264 g/mol. The quantitative estimate of drug-likeness (QED) is 0.645. The molecule has 0 radical (unpaired) electrons. The number of anilines is 1. The first-order valence-corrected chi connectivity index (χ1v) is 6.29. The molecule has 7 nitrogen and oxygen atoms in total. The van der Waals surface area contributed by atoms with Crippen molar-refractivity contribution in [3.05, 3.63) is 27.9 Å². The van der Waals surface area contributed by atoms with Crippen molar-refractivity contribution in [3.63, 3.8) is 0 Å². The third kappa shape index (κ3) is 2.98. The minimum Gasteiger partial charge on any atom is -0.384 e. The van der Waals surface area contributed by atoms with E-state index in [9.17, 15) is 14.9 Å². The Morgan fingerprint density at radius 2 is 1.95 bits per heavy atom. The molecule has 2 heterocycles. The van der Waals surface area contributed by atoms with Crippen LogP contribution in [0.5, 0.6) is 0 Å². The highest BCUT2D eigenvalue weighted by atomic mass is 16.6. The molecule has 0 aromatic carbocycles. The zero-order valence-corrected chi connectivity index (χ0v) is 10.5. The maximum absolute atomic E-state index is 12.4. The lowest BCUT2D eigenvalue weighted by Crippen LogP contribution is -2.32. The maximum Gasteiger partial charge on any atom is 0.300 e. The van der Waals surface area contributed by atoms with E-state index in [0.717, 1.165) is 31.9 Å². The van der Waals surface area contributed by atoms with Crippen molar-refractivity contribution >= 4 is 17.4 Å². The Balaban J connectivity index is 2.31. The van der Waals surface area contributed by atoms with Crippen molar-refractivity contribution in [2.75, 3.05) is 18.8 Å². The van der Waals surface area contributed by atoms with Crippen molar-refractivity contribution < 1.29 is 9.72 Å². The van der Waals surface area contributed by atoms with Crippen LogP contribution in [0.4, 0.5) is 11.5 Å². The van der Waals surface area contributed by atoms with Crippen molar-refractivity contribution in [2.24, 2.45) is 0 Å². The Hall–Kier alpha value is -2.18. The minimum atomic E-state index is -0.600. The molecule has 2 N–H and O–H groups in total. The molecule has 102 valence electrons. The van der Waals surface area contributed by atoms with Gasteiger partial charge in [0.2, 0.25) is 0 Å². The number of rotatable bonds is 2. The van der Waals surface area contributed by atoms with E-state index < -0.39 is 4.92 Å². The van der Waals surface area contributed by atoms with Crippen LogP contribution in [0, 0.1) is 10.1 Å².